The molecule has 0 N–H and O–H groups in total. The number of ether oxygens (including phenoxy) is 1. The number of methoxy groups -OCH3 is 1. The SMILES string of the molecule is COC(=O)C1CCC2(c3ccc(I)cc3)CCC1N2C. The number of esters is 1. The zero-order chi connectivity index (χ0) is 14.3. The first kappa shape index (κ1) is 14.3. The maximum absolute atomic E-state index is 11.9. The highest BCUT2D eigenvalue weighted by molar-refractivity contribution is 14.1. The number of nitrogens with zero attached hydrogens (tertiary/aromatic N) is 1. The van der Waals surface area contributed by atoms with Crippen LogP contribution in [0.15, 0.2) is 24.3 Å². The number of benzene rings is 1. The molecule has 2 fully saturated rings. The van der Waals surface area contributed by atoms with Crippen molar-refractivity contribution in [2.45, 2.75) is 37.3 Å². The van der Waals surface area contributed by atoms with E-state index < -0.39 is 0 Å². The molecule has 20 heavy (non-hydrogen) atoms. The first-order valence-corrected chi connectivity index (χ1v) is 8.23. The lowest BCUT2D eigenvalue weighted by molar-refractivity contribution is -0.150. The van der Waals surface area contributed by atoms with Crippen LogP contribution in [0.2, 0.25) is 0 Å². The van der Waals surface area contributed by atoms with Gasteiger partial charge in [-0.2, -0.15) is 0 Å². The zero-order valence-electron chi connectivity index (χ0n) is 11.9. The molecule has 4 heteroatoms. The van der Waals surface area contributed by atoms with Crippen LogP contribution in [0.3, 0.4) is 0 Å². The molecule has 0 spiro atoms. The Morgan fingerprint density at radius 2 is 1.95 bits per heavy atom. The van der Waals surface area contributed by atoms with Gasteiger partial charge < -0.3 is 4.74 Å². The van der Waals surface area contributed by atoms with E-state index in [0.717, 1.165) is 25.7 Å². The van der Waals surface area contributed by atoms with Gasteiger partial charge in [0.05, 0.1) is 13.0 Å². The van der Waals surface area contributed by atoms with E-state index in [1.54, 1.807) is 0 Å². The Morgan fingerprint density at radius 1 is 1.30 bits per heavy atom. The van der Waals surface area contributed by atoms with Crippen LogP contribution in [0.25, 0.3) is 0 Å². The van der Waals surface area contributed by atoms with Crippen molar-refractivity contribution in [2.24, 2.45) is 5.92 Å². The Kier molecular flexibility index (Phi) is 3.79. The highest BCUT2D eigenvalue weighted by Gasteiger charge is 2.53. The number of hydrogen-bond acceptors (Lipinski definition) is 3. The lowest BCUT2D eigenvalue weighted by Gasteiger charge is -2.45. The number of piperidine rings is 1. The van der Waals surface area contributed by atoms with Crippen LogP contribution in [-0.4, -0.2) is 31.1 Å². The van der Waals surface area contributed by atoms with Gasteiger partial charge in [-0.1, -0.05) is 12.1 Å². The summed E-state index contributed by atoms with van der Waals surface area (Å²) in [5.74, 6) is 0.00411. The van der Waals surface area contributed by atoms with Gasteiger partial charge in [-0.15, -0.1) is 0 Å². The first-order chi connectivity index (χ1) is 9.58. The van der Waals surface area contributed by atoms with E-state index in [0.29, 0.717) is 6.04 Å². The van der Waals surface area contributed by atoms with Crippen molar-refractivity contribution in [3.05, 3.63) is 33.4 Å². The van der Waals surface area contributed by atoms with Crippen molar-refractivity contribution >= 4 is 28.6 Å². The molecule has 1 aromatic carbocycles. The third kappa shape index (κ3) is 2.08. The van der Waals surface area contributed by atoms with E-state index in [1.807, 2.05) is 0 Å². The maximum atomic E-state index is 11.9. The summed E-state index contributed by atoms with van der Waals surface area (Å²) in [6.45, 7) is 0. The van der Waals surface area contributed by atoms with Crippen molar-refractivity contribution < 1.29 is 9.53 Å². The Labute approximate surface area is 133 Å². The van der Waals surface area contributed by atoms with Crippen LogP contribution < -0.4 is 0 Å². The molecule has 2 heterocycles. The molecule has 3 nitrogen and oxygen atoms in total. The molecule has 0 saturated carbocycles. The second kappa shape index (κ2) is 5.30. The Bertz CT molecular complexity index is 516. The molecule has 108 valence electrons. The summed E-state index contributed by atoms with van der Waals surface area (Å²) in [6.07, 6.45) is 4.21. The van der Waals surface area contributed by atoms with Crippen LogP contribution in [0, 0.1) is 9.49 Å². The van der Waals surface area contributed by atoms with E-state index in [9.17, 15) is 4.79 Å². The fourth-order valence-corrected chi connectivity index (χ4v) is 4.47. The van der Waals surface area contributed by atoms with Crippen molar-refractivity contribution in [2.75, 3.05) is 14.2 Å². The number of carbonyl (C=O) groups excluding carboxylic acids is 1. The normalized spacial score (nSPS) is 33.1. The fraction of sp³-hybridized carbons (Fsp3) is 0.562. The van der Waals surface area contributed by atoms with Gasteiger partial charge in [0.25, 0.3) is 0 Å². The molecule has 2 aliphatic heterocycles. The summed E-state index contributed by atoms with van der Waals surface area (Å²) in [6, 6.07) is 9.18. The summed E-state index contributed by atoms with van der Waals surface area (Å²) < 4.78 is 6.24. The van der Waals surface area contributed by atoms with E-state index in [4.69, 9.17) is 4.74 Å². The Morgan fingerprint density at radius 3 is 2.60 bits per heavy atom. The molecule has 0 amide bonds. The predicted octanol–water partition coefficient (Wildman–Crippen LogP) is 3.16. The third-order valence-electron chi connectivity index (χ3n) is 5.25. The van der Waals surface area contributed by atoms with Gasteiger partial charge >= 0.3 is 5.97 Å². The topological polar surface area (TPSA) is 29.5 Å². The van der Waals surface area contributed by atoms with E-state index in [2.05, 4.69) is 58.8 Å². The molecule has 3 unspecified atom stereocenters. The average molecular weight is 385 g/mol. The second-order valence-electron chi connectivity index (χ2n) is 5.92. The molecular formula is C16H20INO2. The van der Waals surface area contributed by atoms with Crippen LogP contribution in [-0.2, 0) is 15.1 Å². The van der Waals surface area contributed by atoms with Gasteiger partial charge in [0.15, 0.2) is 0 Å². The summed E-state index contributed by atoms with van der Waals surface area (Å²) >= 11 is 2.34. The van der Waals surface area contributed by atoms with Gasteiger partial charge in [0.1, 0.15) is 0 Å². The lowest BCUT2D eigenvalue weighted by Crippen LogP contribution is -2.51. The van der Waals surface area contributed by atoms with Crippen LogP contribution in [0.1, 0.15) is 31.2 Å². The Hall–Kier alpha value is -0.620. The molecule has 3 atom stereocenters. The van der Waals surface area contributed by atoms with Gasteiger partial charge in [0, 0.05) is 15.2 Å². The molecule has 2 bridgehead atoms. The van der Waals surface area contributed by atoms with Crippen molar-refractivity contribution in [1.29, 1.82) is 0 Å². The molecule has 1 aromatic rings. The van der Waals surface area contributed by atoms with E-state index in [-0.39, 0.29) is 17.4 Å². The smallest absolute Gasteiger partial charge is 0.310 e. The van der Waals surface area contributed by atoms with Crippen LogP contribution in [0.5, 0.6) is 0 Å². The van der Waals surface area contributed by atoms with Crippen LogP contribution >= 0.6 is 22.6 Å². The minimum Gasteiger partial charge on any atom is -0.469 e. The van der Waals surface area contributed by atoms with E-state index in [1.165, 1.54) is 16.2 Å². The first-order valence-electron chi connectivity index (χ1n) is 7.15. The van der Waals surface area contributed by atoms with Gasteiger partial charge in [0.2, 0.25) is 0 Å². The van der Waals surface area contributed by atoms with Gasteiger partial charge in [-0.05, 0) is 73.0 Å². The highest BCUT2D eigenvalue weighted by atomic mass is 127. The van der Waals surface area contributed by atoms with E-state index >= 15 is 0 Å². The van der Waals surface area contributed by atoms with Gasteiger partial charge in [-0.3, -0.25) is 9.69 Å². The fourth-order valence-electron chi connectivity index (χ4n) is 4.11. The summed E-state index contributed by atoms with van der Waals surface area (Å²) in [7, 11) is 3.67. The standard InChI is InChI=1S/C16H20INO2/c1-18-14-8-10-16(18,9-7-13(14)15(19)20-2)11-3-5-12(17)6-4-11/h3-6,13-14H,7-10H2,1-2H3. The predicted molar refractivity (Wildman–Crippen MR) is 86.4 cm³/mol. The Balaban J connectivity index is 1.91. The quantitative estimate of drug-likeness (QED) is 0.579. The summed E-state index contributed by atoms with van der Waals surface area (Å²) in [5.41, 5.74) is 1.52. The number of hydrogen-bond donors (Lipinski definition) is 0. The summed E-state index contributed by atoms with van der Waals surface area (Å²) in [4.78, 5) is 14.4. The minimum atomic E-state index is -0.0417. The third-order valence-corrected chi connectivity index (χ3v) is 5.96. The molecular weight excluding hydrogens is 365 g/mol. The maximum Gasteiger partial charge on any atom is 0.310 e. The molecule has 0 radical (unpaired) electrons. The molecule has 2 aliphatic rings. The second-order valence-corrected chi connectivity index (χ2v) is 7.17. The monoisotopic (exact) mass is 385 g/mol. The molecule has 2 saturated heterocycles. The van der Waals surface area contributed by atoms with Crippen molar-refractivity contribution in [3.63, 3.8) is 0 Å². The van der Waals surface area contributed by atoms with Crippen molar-refractivity contribution in [3.8, 4) is 0 Å². The number of carbonyl (C=O) groups is 1. The molecule has 3 rings (SSSR count). The minimum absolute atomic E-state index is 0.0417. The highest BCUT2D eigenvalue weighted by Crippen LogP contribution is 2.51. The summed E-state index contributed by atoms with van der Waals surface area (Å²) in [5, 5.41) is 0. The van der Waals surface area contributed by atoms with Crippen LogP contribution in [0.4, 0.5) is 0 Å². The lowest BCUT2D eigenvalue weighted by atomic mass is 9.79. The number of halogens is 1. The zero-order valence-corrected chi connectivity index (χ0v) is 14.1. The molecule has 0 aromatic heterocycles. The largest absolute Gasteiger partial charge is 0.469 e. The average Bonchev–Trinajstić information content (AvgIpc) is 2.67. The number of fused-ring (bicyclic) bond motifs is 2. The van der Waals surface area contributed by atoms with Gasteiger partial charge in [-0.25, -0.2) is 0 Å². The van der Waals surface area contributed by atoms with Crippen molar-refractivity contribution in [1.82, 2.24) is 4.90 Å². The number of rotatable bonds is 2. The molecule has 0 aliphatic carbocycles.